The Kier molecular flexibility index (Phi) is 22.8. The van der Waals surface area contributed by atoms with Crippen LogP contribution in [0, 0.1) is 35.5 Å². The van der Waals surface area contributed by atoms with Crippen LogP contribution in [0.2, 0.25) is 0 Å². The summed E-state index contributed by atoms with van der Waals surface area (Å²) in [5.41, 5.74) is 0. The molecule has 3 heteroatoms. The van der Waals surface area contributed by atoms with E-state index in [-0.39, 0.29) is 19.3 Å². The maximum absolute atomic E-state index is 9.68. The van der Waals surface area contributed by atoms with E-state index in [0.717, 1.165) is 36.5 Å². The van der Waals surface area contributed by atoms with Crippen molar-refractivity contribution in [1.29, 1.82) is 0 Å². The zero-order valence-corrected chi connectivity index (χ0v) is 25.9. The lowest BCUT2D eigenvalue weighted by atomic mass is 9.89. The van der Waals surface area contributed by atoms with E-state index < -0.39 is 6.10 Å². The summed E-state index contributed by atoms with van der Waals surface area (Å²) in [5.74, 6) is 4.62. The van der Waals surface area contributed by atoms with E-state index in [9.17, 15) is 5.11 Å². The third-order valence-electron chi connectivity index (χ3n) is 8.25. The highest BCUT2D eigenvalue weighted by Gasteiger charge is 2.20. The van der Waals surface area contributed by atoms with Gasteiger partial charge in [0.2, 0.25) is 0 Å². The number of aliphatic hydroxyl groups is 2. The molecule has 0 rings (SSSR count). The minimum absolute atomic E-state index is 0.188. The molecule has 0 fully saturated rings. The van der Waals surface area contributed by atoms with E-state index in [1.165, 1.54) is 83.5 Å². The molecular weight excluding hydrogens is 444 g/mol. The Morgan fingerprint density at radius 2 is 0.917 bits per heavy atom. The fourth-order valence-corrected chi connectivity index (χ4v) is 5.40. The predicted octanol–water partition coefficient (Wildman–Crippen LogP) is 9.43. The van der Waals surface area contributed by atoms with E-state index in [1.807, 2.05) is 0 Å². The summed E-state index contributed by atoms with van der Waals surface area (Å²) in [7, 11) is 0. The van der Waals surface area contributed by atoms with Gasteiger partial charge in [-0.2, -0.15) is 0 Å². The van der Waals surface area contributed by atoms with Gasteiger partial charge in [-0.25, -0.2) is 0 Å². The van der Waals surface area contributed by atoms with Crippen molar-refractivity contribution in [3.8, 4) is 0 Å². The average molecular weight is 513 g/mol. The van der Waals surface area contributed by atoms with Gasteiger partial charge in [-0.15, -0.1) is 0 Å². The molecule has 0 aliphatic carbocycles. The van der Waals surface area contributed by atoms with Crippen molar-refractivity contribution in [2.75, 3.05) is 13.2 Å². The van der Waals surface area contributed by atoms with E-state index in [1.54, 1.807) is 0 Å². The molecule has 6 atom stereocenters. The second-order valence-electron chi connectivity index (χ2n) is 13.4. The molecule has 36 heavy (non-hydrogen) atoms. The molecule has 0 aromatic rings. The van der Waals surface area contributed by atoms with Crippen LogP contribution in [0.1, 0.15) is 152 Å². The van der Waals surface area contributed by atoms with Crippen molar-refractivity contribution in [2.24, 2.45) is 35.5 Å². The summed E-state index contributed by atoms with van der Waals surface area (Å²) in [6.07, 6.45) is 19.4. The average Bonchev–Trinajstić information content (AvgIpc) is 2.81. The number of aliphatic hydroxyl groups excluding tert-OH is 2. The van der Waals surface area contributed by atoms with Gasteiger partial charge in [-0.3, -0.25) is 0 Å². The largest absolute Gasteiger partial charge is 0.394 e. The van der Waals surface area contributed by atoms with Crippen LogP contribution in [0.3, 0.4) is 0 Å². The number of unbranched alkanes of at least 4 members (excludes halogenated alkanes) is 1. The van der Waals surface area contributed by atoms with Gasteiger partial charge in [0.15, 0.2) is 0 Å². The van der Waals surface area contributed by atoms with Crippen LogP contribution < -0.4 is 0 Å². The first-order valence-corrected chi connectivity index (χ1v) is 15.9. The van der Waals surface area contributed by atoms with Gasteiger partial charge in [-0.05, 0) is 54.8 Å². The summed E-state index contributed by atoms with van der Waals surface area (Å²) in [6.45, 7) is 18.9. The van der Waals surface area contributed by atoms with Crippen molar-refractivity contribution in [1.82, 2.24) is 0 Å². The van der Waals surface area contributed by atoms with Crippen molar-refractivity contribution in [2.45, 2.75) is 164 Å². The third-order valence-corrected chi connectivity index (χ3v) is 8.25. The molecule has 0 radical (unpaired) electrons. The monoisotopic (exact) mass is 513 g/mol. The summed E-state index contributed by atoms with van der Waals surface area (Å²) >= 11 is 0. The fraction of sp³-hybridized carbons (Fsp3) is 1.00. The molecule has 218 valence electrons. The predicted molar refractivity (Wildman–Crippen MR) is 158 cm³/mol. The minimum atomic E-state index is -0.760. The van der Waals surface area contributed by atoms with Crippen LogP contribution in [0.15, 0.2) is 0 Å². The van der Waals surface area contributed by atoms with Gasteiger partial charge in [0.1, 0.15) is 6.10 Å². The van der Waals surface area contributed by atoms with E-state index in [4.69, 9.17) is 9.84 Å². The first-order chi connectivity index (χ1) is 17.0. The number of ether oxygens (including phenoxy) is 1. The zero-order valence-electron chi connectivity index (χ0n) is 25.9. The Bertz CT molecular complexity index is 464. The molecule has 0 saturated heterocycles. The highest BCUT2D eigenvalue weighted by Crippen LogP contribution is 2.25. The first-order valence-electron chi connectivity index (χ1n) is 15.9. The van der Waals surface area contributed by atoms with Gasteiger partial charge in [-0.1, -0.05) is 132 Å². The molecule has 0 aliphatic rings. The van der Waals surface area contributed by atoms with E-state index in [0.29, 0.717) is 11.8 Å². The smallest absolute Gasteiger partial charge is 0.100 e. The summed E-state index contributed by atoms with van der Waals surface area (Å²) in [5, 5.41) is 18.8. The summed E-state index contributed by atoms with van der Waals surface area (Å²) in [6, 6.07) is 0. The lowest BCUT2D eigenvalue weighted by Gasteiger charge is -2.26. The summed E-state index contributed by atoms with van der Waals surface area (Å²) in [4.78, 5) is 0. The first kappa shape index (κ1) is 35.9. The molecule has 0 aliphatic heterocycles. The van der Waals surface area contributed by atoms with E-state index in [2.05, 4.69) is 55.4 Å². The highest BCUT2D eigenvalue weighted by atomic mass is 16.5. The normalized spacial score (nSPS) is 17.3. The lowest BCUT2D eigenvalue weighted by Crippen LogP contribution is -2.29. The number of hydrogen-bond donors (Lipinski definition) is 2. The molecular formula is C33H68O3. The quantitative estimate of drug-likeness (QED) is 0.120. The Labute approximate surface area is 227 Å². The molecule has 0 aromatic carbocycles. The Morgan fingerprint density at radius 1 is 0.500 bits per heavy atom. The Balaban J connectivity index is 3.95. The van der Waals surface area contributed by atoms with Gasteiger partial charge in [0.25, 0.3) is 0 Å². The Hall–Kier alpha value is -0.120. The van der Waals surface area contributed by atoms with Gasteiger partial charge >= 0.3 is 0 Å². The van der Waals surface area contributed by atoms with Crippen LogP contribution in [-0.2, 0) is 4.74 Å². The van der Waals surface area contributed by atoms with Gasteiger partial charge < -0.3 is 14.9 Å². The molecule has 0 amide bonds. The Morgan fingerprint density at radius 3 is 1.36 bits per heavy atom. The maximum Gasteiger partial charge on any atom is 0.100 e. The van der Waals surface area contributed by atoms with Crippen LogP contribution in [0.25, 0.3) is 0 Å². The second kappa shape index (κ2) is 22.8. The van der Waals surface area contributed by atoms with E-state index >= 15 is 0 Å². The van der Waals surface area contributed by atoms with Crippen molar-refractivity contribution < 1.29 is 14.9 Å². The summed E-state index contributed by atoms with van der Waals surface area (Å²) < 4.78 is 6.02. The van der Waals surface area contributed by atoms with Crippen LogP contribution >= 0.6 is 0 Å². The molecule has 0 saturated carbocycles. The third kappa shape index (κ3) is 21.9. The van der Waals surface area contributed by atoms with Gasteiger partial charge in [0, 0.05) is 0 Å². The van der Waals surface area contributed by atoms with Crippen LogP contribution in [0.5, 0.6) is 0 Å². The zero-order chi connectivity index (χ0) is 27.3. The second-order valence-corrected chi connectivity index (χ2v) is 13.4. The molecule has 0 spiro atoms. The van der Waals surface area contributed by atoms with Crippen molar-refractivity contribution in [3.05, 3.63) is 0 Å². The minimum Gasteiger partial charge on any atom is -0.394 e. The number of rotatable bonds is 25. The van der Waals surface area contributed by atoms with Crippen molar-refractivity contribution >= 4 is 0 Å². The molecule has 3 nitrogen and oxygen atoms in total. The lowest BCUT2D eigenvalue weighted by molar-refractivity contribution is -0.0523. The molecule has 6 unspecified atom stereocenters. The molecule has 0 heterocycles. The molecule has 0 aromatic heterocycles. The van der Waals surface area contributed by atoms with Gasteiger partial charge in [0.05, 0.1) is 19.3 Å². The molecule has 2 N–H and O–H groups in total. The SMILES string of the molecule is CC(C)CCCC(C)CCCC(C)CCCCC(C)CCCC(C)C(CCC(C)C)OCC(O)CO. The van der Waals surface area contributed by atoms with Crippen molar-refractivity contribution in [3.63, 3.8) is 0 Å². The van der Waals surface area contributed by atoms with Crippen LogP contribution in [0.4, 0.5) is 0 Å². The highest BCUT2D eigenvalue weighted by molar-refractivity contribution is 4.70. The van der Waals surface area contributed by atoms with Crippen LogP contribution in [-0.4, -0.2) is 35.6 Å². The topological polar surface area (TPSA) is 49.7 Å². The molecule has 0 bridgehead atoms. The maximum atomic E-state index is 9.68. The standard InChI is InChI=1S/C33H68O3/c1-26(2)14-11-17-30(7)19-12-18-28(5)15-9-10-16-29(6)20-13-21-31(8)33(23-22-27(3)4)36-25-32(35)24-34/h26-35H,9-25H2,1-8H3. The fourth-order valence-electron chi connectivity index (χ4n) is 5.40. The number of hydrogen-bond acceptors (Lipinski definition) is 3.